The Hall–Kier alpha value is -3.11. The van der Waals surface area contributed by atoms with Crippen molar-refractivity contribution in [3.8, 4) is 5.75 Å². The smallest absolute Gasteiger partial charge is 0.318 e. The molecule has 184 valence electrons. The summed E-state index contributed by atoms with van der Waals surface area (Å²) in [7, 11) is -3.66. The van der Waals surface area contributed by atoms with E-state index in [1.54, 1.807) is 35.2 Å². The van der Waals surface area contributed by atoms with E-state index in [1.807, 2.05) is 19.9 Å². The maximum Gasteiger partial charge on any atom is 0.318 e. The third-order valence-electron chi connectivity index (χ3n) is 6.02. The molecule has 9 nitrogen and oxygen atoms in total. The number of aromatic hydroxyl groups is 1. The Morgan fingerprint density at radius 2 is 1.79 bits per heavy atom. The average molecular weight is 489 g/mol. The third-order valence-corrected chi connectivity index (χ3v) is 7.93. The van der Waals surface area contributed by atoms with Crippen LogP contribution in [0.25, 0.3) is 0 Å². The van der Waals surface area contributed by atoms with Crippen molar-refractivity contribution in [1.82, 2.24) is 14.5 Å². The maximum absolute atomic E-state index is 13.0. The van der Waals surface area contributed by atoms with Gasteiger partial charge < -0.3 is 20.6 Å². The van der Waals surface area contributed by atoms with Crippen LogP contribution in [0.1, 0.15) is 45.2 Å². The van der Waals surface area contributed by atoms with Crippen molar-refractivity contribution in [3.05, 3.63) is 54.1 Å². The van der Waals surface area contributed by atoms with E-state index in [4.69, 9.17) is 0 Å². The molecule has 0 aromatic heterocycles. The van der Waals surface area contributed by atoms with E-state index < -0.39 is 10.0 Å². The zero-order chi connectivity index (χ0) is 24.9. The highest BCUT2D eigenvalue weighted by Gasteiger charge is 2.31. The lowest BCUT2D eigenvalue weighted by Gasteiger charge is -2.34. The summed E-state index contributed by atoms with van der Waals surface area (Å²) in [6, 6.07) is 12.4. The van der Waals surface area contributed by atoms with Gasteiger partial charge in [0.2, 0.25) is 15.9 Å². The molecule has 3 rings (SSSR count). The van der Waals surface area contributed by atoms with Gasteiger partial charge in [0.15, 0.2) is 0 Å². The molecule has 0 aliphatic carbocycles. The van der Waals surface area contributed by atoms with Crippen LogP contribution >= 0.6 is 0 Å². The van der Waals surface area contributed by atoms with Gasteiger partial charge in [-0.2, -0.15) is 4.31 Å². The monoisotopic (exact) mass is 488 g/mol. The Bertz CT molecular complexity index is 1110. The molecule has 34 heavy (non-hydrogen) atoms. The predicted octanol–water partition coefficient (Wildman–Crippen LogP) is 3.30. The van der Waals surface area contributed by atoms with Crippen molar-refractivity contribution in [2.24, 2.45) is 0 Å². The van der Waals surface area contributed by atoms with Gasteiger partial charge in [-0.1, -0.05) is 12.1 Å². The number of hydrogen-bond acceptors (Lipinski definition) is 5. The molecule has 1 saturated heterocycles. The molecule has 0 radical (unpaired) electrons. The van der Waals surface area contributed by atoms with Crippen LogP contribution in [0.3, 0.4) is 0 Å². The molecule has 10 heteroatoms. The fraction of sp³-hybridized carbons (Fsp3) is 0.417. The zero-order valence-corrected chi connectivity index (χ0v) is 20.5. The summed E-state index contributed by atoms with van der Waals surface area (Å²) in [6.45, 7) is 6.28. The molecule has 3 amide bonds. The van der Waals surface area contributed by atoms with Crippen molar-refractivity contribution in [2.45, 2.75) is 50.6 Å². The number of phenolic OH excluding ortho intramolecular Hbond substituents is 1. The molecule has 1 heterocycles. The average Bonchev–Trinajstić information content (AvgIpc) is 2.80. The van der Waals surface area contributed by atoms with Gasteiger partial charge in [0, 0.05) is 38.3 Å². The molecule has 0 unspecified atom stereocenters. The Balaban J connectivity index is 1.58. The van der Waals surface area contributed by atoms with Crippen LogP contribution < -0.4 is 10.6 Å². The van der Waals surface area contributed by atoms with Gasteiger partial charge >= 0.3 is 6.03 Å². The highest BCUT2D eigenvalue weighted by atomic mass is 32.2. The fourth-order valence-corrected chi connectivity index (χ4v) is 5.59. The minimum atomic E-state index is -3.66. The van der Waals surface area contributed by atoms with Crippen LogP contribution in [0.5, 0.6) is 5.75 Å². The normalized spacial score (nSPS) is 16.0. The topological polar surface area (TPSA) is 119 Å². The molecule has 3 N–H and O–H groups in total. The van der Waals surface area contributed by atoms with E-state index in [-0.39, 0.29) is 34.7 Å². The number of anilines is 1. The number of urea groups is 1. The standard InChI is InChI=1S/C24H32N4O5S/c1-4-28(17(2)19-6-5-7-22(30)16-19)24(31)26-21-12-14-27(15-13-21)34(32,33)23-10-8-20(9-11-23)25-18(3)29/h5-11,16-17,21,30H,4,12-15H2,1-3H3,(H,25,29)(H,26,31)/t17-/m1/s1. The number of benzene rings is 2. The van der Waals surface area contributed by atoms with Crippen LogP contribution in [0.2, 0.25) is 0 Å². The number of carbonyl (C=O) groups excluding carboxylic acids is 2. The number of amides is 3. The van der Waals surface area contributed by atoms with Crippen LogP contribution in [0.15, 0.2) is 53.4 Å². The first-order chi connectivity index (χ1) is 16.1. The Labute approximate surface area is 200 Å². The van der Waals surface area contributed by atoms with E-state index in [2.05, 4.69) is 10.6 Å². The highest BCUT2D eigenvalue weighted by molar-refractivity contribution is 7.89. The molecule has 2 aromatic rings. The maximum atomic E-state index is 13.0. The van der Waals surface area contributed by atoms with E-state index in [0.717, 1.165) is 5.56 Å². The summed E-state index contributed by atoms with van der Waals surface area (Å²) >= 11 is 0. The van der Waals surface area contributed by atoms with Crippen molar-refractivity contribution < 1.29 is 23.1 Å². The minimum absolute atomic E-state index is 0.133. The molecule has 0 saturated carbocycles. The highest BCUT2D eigenvalue weighted by Crippen LogP contribution is 2.25. The Morgan fingerprint density at radius 1 is 1.15 bits per heavy atom. The first-order valence-corrected chi connectivity index (χ1v) is 12.8. The summed E-state index contributed by atoms with van der Waals surface area (Å²) in [5.74, 6) is -0.0724. The lowest BCUT2D eigenvalue weighted by molar-refractivity contribution is -0.114. The van der Waals surface area contributed by atoms with E-state index in [1.165, 1.54) is 23.4 Å². The van der Waals surface area contributed by atoms with E-state index in [9.17, 15) is 23.1 Å². The van der Waals surface area contributed by atoms with Gasteiger partial charge in [-0.25, -0.2) is 13.2 Å². The van der Waals surface area contributed by atoms with Crippen molar-refractivity contribution >= 4 is 27.6 Å². The summed E-state index contributed by atoms with van der Waals surface area (Å²) in [6.07, 6.45) is 1.01. The number of sulfonamides is 1. The number of hydrogen-bond donors (Lipinski definition) is 3. The van der Waals surface area contributed by atoms with Crippen LogP contribution in [-0.4, -0.2) is 60.3 Å². The summed E-state index contributed by atoms with van der Waals surface area (Å²) in [4.78, 5) is 26.0. The van der Waals surface area contributed by atoms with Gasteiger partial charge in [0.05, 0.1) is 10.9 Å². The lowest BCUT2D eigenvalue weighted by atomic mass is 10.1. The summed E-state index contributed by atoms with van der Waals surface area (Å²) in [5.41, 5.74) is 1.37. The summed E-state index contributed by atoms with van der Waals surface area (Å²) < 4.78 is 27.4. The van der Waals surface area contributed by atoms with Gasteiger partial charge in [0.25, 0.3) is 0 Å². The minimum Gasteiger partial charge on any atom is -0.508 e. The molecular weight excluding hydrogens is 456 g/mol. The van der Waals surface area contributed by atoms with Gasteiger partial charge in [-0.3, -0.25) is 4.79 Å². The molecular formula is C24H32N4O5S. The molecule has 1 aliphatic rings. The van der Waals surface area contributed by atoms with Gasteiger partial charge in [-0.05, 0) is 68.7 Å². The quantitative estimate of drug-likeness (QED) is 0.553. The van der Waals surface area contributed by atoms with Crippen molar-refractivity contribution in [3.63, 3.8) is 0 Å². The molecule has 0 bridgehead atoms. The number of piperidine rings is 1. The van der Waals surface area contributed by atoms with Gasteiger partial charge in [0.1, 0.15) is 5.75 Å². The molecule has 0 spiro atoms. The Kier molecular flexibility index (Phi) is 8.16. The van der Waals surface area contributed by atoms with Crippen molar-refractivity contribution in [2.75, 3.05) is 25.0 Å². The SMILES string of the molecule is CCN(C(=O)NC1CCN(S(=O)(=O)c2ccc(NC(C)=O)cc2)CC1)[C@H](C)c1cccc(O)c1. The zero-order valence-electron chi connectivity index (χ0n) is 19.7. The largest absolute Gasteiger partial charge is 0.508 e. The number of carbonyl (C=O) groups is 2. The molecule has 1 atom stereocenters. The Morgan fingerprint density at radius 3 is 2.35 bits per heavy atom. The second-order valence-corrected chi connectivity index (χ2v) is 10.3. The first-order valence-electron chi connectivity index (χ1n) is 11.4. The second kappa shape index (κ2) is 10.9. The second-order valence-electron chi connectivity index (χ2n) is 8.39. The number of nitrogens with zero attached hydrogens (tertiary/aromatic N) is 2. The van der Waals surface area contributed by atoms with Crippen molar-refractivity contribution in [1.29, 1.82) is 0 Å². The van der Waals surface area contributed by atoms with Crippen LogP contribution in [-0.2, 0) is 14.8 Å². The van der Waals surface area contributed by atoms with Crippen LogP contribution in [0.4, 0.5) is 10.5 Å². The summed E-state index contributed by atoms with van der Waals surface area (Å²) in [5, 5.41) is 15.4. The lowest BCUT2D eigenvalue weighted by Crippen LogP contribution is -2.50. The van der Waals surface area contributed by atoms with E-state index in [0.29, 0.717) is 38.2 Å². The number of phenols is 1. The fourth-order valence-electron chi connectivity index (χ4n) is 4.12. The molecule has 1 aliphatic heterocycles. The molecule has 1 fully saturated rings. The third kappa shape index (κ3) is 6.06. The van der Waals surface area contributed by atoms with Crippen LogP contribution in [0, 0.1) is 0 Å². The van der Waals surface area contributed by atoms with E-state index >= 15 is 0 Å². The number of rotatable bonds is 7. The molecule has 2 aromatic carbocycles. The first kappa shape index (κ1) is 25.5. The number of nitrogens with one attached hydrogen (secondary N) is 2. The van der Waals surface area contributed by atoms with Gasteiger partial charge in [-0.15, -0.1) is 0 Å². The predicted molar refractivity (Wildman–Crippen MR) is 130 cm³/mol.